The molecule has 19 heavy (non-hydrogen) atoms. The van der Waals surface area contributed by atoms with Crippen LogP contribution >= 0.6 is 12.2 Å². The van der Waals surface area contributed by atoms with E-state index in [4.69, 9.17) is 12.2 Å². The average molecular weight is 280 g/mol. The Hall–Kier alpha value is -1.16. The van der Waals surface area contributed by atoms with Crippen molar-refractivity contribution in [2.75, 3.05) is 0 Å². The van der Waals surface area contributed by atoms with Crippen molar-refractivity contribution in [3.63, 3.8) is 0 Å². The molecule has 0 saturated carbocycles. The maximum atomic E-state index is 13.7. The smallest absolute Gasteiger partial charge is 0.178 e. The first-order valence-corrected chi connectivity index (χ1v) is 7.30. The molecule has 1 atom stereocenters. The van der Waals surface area contributed by atoms with Gasteiger partial charge in [-0.25, -0.2) is 4.39 Å². The number of aromatic nitrogens is 2. The van der Waals surface area contributed by atoms with Crippen LogP contribution in [-0.2, 0) is 0 Å². The van der Waals surface area contributed by atoms with Gasteiger partial charge in [0.2, 0.25) is 0 Å². The number of aromatic amines is 1. The zero-order chi connectivity index (χ0) is 14.0. The second kappa shape index (κ2) is 5.87. The molecule has 1 heterocycles. The van der Waals surface area contributed by atoms with Crippen LogP contribution in [0.1, 0.15) is 46.1 Å². The third kappa shape index (κ3) is 3.06. The third-order valence-corrected chi connectivity index (χ3v) is 3.84. The maximum absolute atomic E-state index is 13.7. The summed E-state index contributed by atoms with van der Waals surface area (Å²) in [6.07, 6.45) is 3.45. The summed E-state index contributed by atoms with van der Waals surface area (Å²) in [6, 6.07) is 5.41. The molecule has 0 aliphatic rings. The van der Waals surface area contributed by atoms with Gasteiger partial charge in [-0.3, -0.25) is 0 Å². The number of nitrogens with one attached hydrogen (secondary N) is 1. The number of hydrogen-bond acceptors (Lipinski definition) is 1. The minimum absolute atomic E-state index is 0.239. The lowest BCUT2D eigenvalue weighted by molar-refractivity contribution is 0.451. The maximum Gasteiger partial charge on any atom is 0.178 e. The molecule has 0 amide bonds. The molecule has 4 heteroatoms. The molecular formula is C15H21FN2S. The molecular weight excluding hydrogens is 259 g/mol. The van der Waals surface area contributed by atoms with Gasteiger partial charge in [-0.2, -0.15) is 0 Å². The summed E-state index contributed by atoms with van der Waals surface area (Å²) in [7, 11) is 0. The van der Waals surface area contributed by atoms with Crippen molar-refractivity contribution < 1.29 is 4.39 Å². The molecule has 2 rings (SSSR count). The lowest BCUT2D eigenvalue weighted by atomic mass is 10.0. The number of H-pyrrole nitrogens is 1. The number of hydrogen-bond donors (Lipinski definition) is 1. The quantitative estimate of drug-likeness (QED) is 0.744. The number of halogens is 1. The Balaban J connectivity index is 2.27. The molecule has 1 aromatic heterocycles. The SMILES string of the molecule is CC(C)CCCC(C)n1c(=S)[nH]c2c(F)cccc21. The highest BCUT2D eigenvalue weighted by atomic mass is 32.1. The predicted molar refractivity (Wildman–Crippen MR) is 80.5 cm³/mol. The van der Waals surface area contributed by atoms with E-state index in [0.29, 0.717) is 16.3 Å². The van der Waals surface area contributed by atoms with E-state index >= 15 is 0 Å². The number of benzene rings is 1. The van der Waals surface area contributed by atoms with E-state index in [1.54, 1.807) is 6.07 Å². The topological polar surface area (TPSA) is 20.7 Å². The summed E-state index contributed by atoms with van der Waals surface area (Å²) in [5.74, 6) is 0.484. The van der Waals surface area contributed by atoms with Crippen molar-refractivity contribution >= 4 is 23.3 Å². The van der Waals surface area contributed by atoms with Crippen molar-refractivity contribution in [3.8, 4) is 0 Å². The molecule has 0 radical (unpaired) electrons. The first-order valence-electron chi connectivity index (χ1n) is 6.89. The van der Waals surface area contributed by atoms with E-state index in [2.05, 4.69) is 25.8 Å². The summed E-state index contributed by atoms with van der Waals surface area (Å²) in [6.45, 7) is 6.61. The first-order chi connectivity index (χ1) is 9.00. The van der Waals surface area contributed by atoms with Crippen LogP contribution in [0.3, 0.4) is 0 Å². The Kier molecular flexibility index (Phi) is 4.40. The normalized spacial score (nSPS) is 13.3. The van der Waals surface area contributed by atoms with Gasteiger partial charge in [0.15, 0.2) is 4.77 Å². The van der Waals surface area contributed by atoms with Gasteiger partial charge < -0.3 is 9.55 Å². The van der Waals surface area contributed by atoms with Crippen molar-refractivity contribution in [1.29, 1.82) is 0 Å². The van der Waals surface area contributed by atoms with Crippen LogP contribution in [0.4, 0.5) is 4.39 Å². The lowest BCUT2D eigenvalue weighted by Crippen LogP contribution is -2.05. The molecule has 0 aliphatic carbocycles. The van der Waals surface area contributed by atoms with Gasteiger partial charge in [0.05, 0.1) is 5.52 Å². The molecule has 1 unspecified atom stereocenters. The lowest BCUT2D eigenvalue weighted by Gasteiger charge is -2.15. The number of nitrogens with zero attached hydrogens (tertiary/aromatic N) is 1. The number of fused-ring (bicyclic) bond motifs is 1. The van der Waals surface area contributed by atoms with Gasteiger partial charge in [0.25, 0.3) is 0 Å². The Labute approximate surface area is 118 Å². The van der Waals surface area contributed by atoms with E-state index in [9.17, 15) is 4.39 Å². The van der Waals surface area contributed by atoms with Crippen LogP contribution in [0, 0.1) is 16.5 Å². The largest absolute Gasteiger partial charge is 0.328 e. The standard InChI is InChI=1S/C15H21FN2S/c1-10(2)6-4-7-11(3)18-13-9-5-8-12(16)14(13)17-15(18)19/h5,8-11H,4,6-7H2,1-3H3,(H,17,19). The fourth-order valence-corrected chi connectivity index (χ4v) is 2.88. The zero-order valence-electron chi connectivity index (χ0n) is 11.7. The molecule has 2 nitrogen and oxygen atoms in total. The van der Waals surface area contributed by atoms with Crippen LogP contribution in [0.25, 0.3) is 11.0 Å². The summed E-state index contributed by atoms with van der Waals surface area (Å²) < 4.78 is 16.4. The van der Waals surface area contributed by atoms with Gasteiger partial charge in [-0.15, -0.1) is 0 Å². The summed E-state index contributed by atoms with van der Waals surface area (Å²) in [5, 5.41) is 0. The fraction of sp³-hybridized carbons (Fsp3) is 0.533. The van der Waals surface area contributed by atoms with Gasteiger partial charge in [0.1, 0.15) is 11.3 Å². The minimum atomic E-state index is -0.239. The van der Waals surface area contributed by atoms with Gasteiger partial charge >= 0.3 is 0 Å². The van der Waals surface area contributed by atoms with Crippen molar-refractivity contribution in [3.05, 3.63) is 28.8 Å². The fourth-order valence-electron chi connectivity index (χ4n) is 2.50. The molecule has 0 spiro atoms. The van der Waals surface area contributed by atoms with Crippen LogP contribution in [0.15, 0.2) is 18.2 Å². The van der Waals surface area contributed by atoms with E-state index in [1.165, 1.54) is 18.9 Å². The van der Waals surface area contributed by atoms with Crippen LogP contribution in [0.5, 0.6) is 0 Å². The molecule has 0 fully saturated rings. The molecule has 0 bridgehead atoms. The van der Waals surface area contributed by atoms with E-state index in [-0.39, 0.29) is 5.82 Å². The Bertz CT molecular complexity index is 612. The zero-order valence-corrected chi connectivity index (χ0v) is 12.6. The first kappa shape index (κ1) is 14.3. The second-order valence-electron chi connectivity index (χ2n) is 5.61. The second-order valence-corrected chi connectivity index (χ2v) is 5.99. The average Bonchev–Trinajstić information content (AvgIpc) is 2.66. The highest BCUT2D eigenvalue weighted by Gasteiger charge is 2.13. The van der Waals surface area contributed by atoms with E-state index < -0.39 is 0 Å². The number of imidazole rings is 1. The Morgan fingerprint density at radius 1 is 1.26 bits per heavy atom. The van der Waals surface area contributed by atoms with E-state index in [1.807, 2.05) is 10.6 Å². The van der Waals surface area contributed by atoms with Crippen LogP contribution in [0.2, 0.25) is 0 Å². The number of rotatable bonds is 5. The predicted octanol–water partition coefficient (Wildman–Crippen LogP) is 5.23. The minimum Gasteiger partial charge on any atom is -0.328 e. The monoisotopic (exact) mass is 280 g/mol. The van der Waals surface area contributed by atoms with Crippen LogP contribution < -0.4 is 0 Å². The van der Waals surface area contributed by atoms with Crippen molar-refractivity contribution in [2.24, 2.45) is 5.92 Å². The molecule has 0 aliphatic heterocycles. The van der Waals surface area contributed by atoms with Crippen LogP contribution in [-0.4, -0.2) is 9.55 Å². The molecule has 2 aromatic rings. The molecule has 1 aromatic carbocycles. The highest BCUT2D eigenvalue weighted by molar-refractivity contribution is 7.71. The molecule has 0 saturated heterocycles. The summed E-state index contributed by atoms with van der Waals surface area (Å²) in [5.41, 5.74) is 1.38. The summed E-state index contributed by atoms with van der Waals surface area (Å²) in [4.78, 5) is 2.98. The van der Waals surface area contributed by atoms with Gasteiger partial charge in [-0.05, 0) is 43.6 Å². The van der Waals surface area contributed by atoms with E-state index in [0.717, 1.165) is 17.9 Å². The van der Waals surface area contributed by atoms with Gasteiger partial charge in [0, 0.05) is 6.04 Å². The third-order valence-electron chi connectivity index (χ3n) is 3.55. The van der Waals surface area contributed by atoms with Gasteiger partial charge in [-0.1, -0.05) is 32.8 Å². The molecule has 1 N–H and O–H groups in total. The Morgan fingerprint density at radius 3 is 2.68 bits per heavy atom. The van der Waals surface area contributed by atoms with Crippen molar-refractivity contribution in [2.45, 2.75) is 46.1 Å². The highest BCUT2D eigenvalue weighted by Crippen LogP contribution is 2.24. The molecule has 104 valence electrons. The number of para-hydroxylation sites is 1. The summed E-state index contributed by atoms with van der Waals surface area (Å²) >= 11 is 5.33. The Morgan fingerprint density at radius 2 is 2.00 bits per heavy atom. The van der Waals surface area contributed by atoms with Crippen molar-refractivity contribution in [1.82, 2.24) is 9.55 Å².